The van der Waals surface area contributed by atoms with Crippen molar-refractivity contribution in [3.63, 3.8) is 0 Å². The van der Waals surface area contributed by atoms with Crippen molar-refractivity contribution in [3.05, 3.63) is 0 Å². The predicted molar refractivity (Wildman–Crippen MR) is 73.1 cm³/mol. The summed E-state index contributed by atoms with van der Waals surface area (Å²) in [7, 11) is -3.02. The molecule has 1 fully saturated rings. The van der Waals surface area contributed by atoms with Crippen molar-refractivity contribution in [3.8, 4) is 0 Å². The first-order valence-electron chi connectivity index (χ1n) is 6.48. The molecule has 0 aromatic heterocycles. The number of sulfone groups is 1. The summed E-state index contributed by atoms with van der Waals surface area (Å²) in [6.45, 7) is 9.38. The third-order valence-corrected chi connectivity index (χ3v) is 5.66. The SMILES string of the molecule is CC(CC(=O)N1CCC(S(C)(=O)=O)C1)C(C)(C)C. The second kappa shape index (κ2) is 5.19. The lowest BCUT2D eigenvalue weighted by Gasteiger charge is -2.28. The van der Waals surface area contributed by atoms with Crippen LogP contribution in [0.15, 0.2) is 0 Å². The molecule has 106 valence electrons. The average molecular weight is 275 g/mol. The van der Waals surface area contributed by atoms with Gasteiger partial charge in [-0.2, -0.15) is 0 Å². The van der Waals surface area contributed by atoms with Crippen LogP contribution in [0.1, 0.15) is 40.5 Å². The summed E-state index contributed by atoms with van der Waals surface area (Å²) >= 11 is 0. The number of rotatable bonds is 3. The zero-order valence-corrected chi connectivity index (χ0v) is 12.9. The molecule has 1 amide bonds. The number of hydrogen-bond donors (Lipinski definition) is 0. The first-order chi connectivity index (χ1) is 8.01. The monoisotopic (exact) mass is 275 g/mol. The molecule has 0 aromatic rings. The predicted octanol–water partition coefficient (Wildman–Crippen LogP) is 1.70. The molecule has 1 heterocycles. The van der Waals surface area contributed by atoms with Gasteiger partial charge in [-0.1, -0.05) is 27.7 Å². The van der Waals surface area contributed by atoms with Crippen LogP contribution in [0.4, 0.5) is 0 Å². The molecular weight excluding hydrogens is 250 g/mol. The Bertz CT molecular complexity index is 408. The standard InChI is InChI=1S/C13H25NO3S/c1-10(13(2,3)4)8-12(15)14-7-6-11(9-14)18(5,16)17/h10-11H,6-9H2,1-5H3. The van der Waals surface area contributed by atoms with Crippen LogP contribution < -0.4 is 0 Å². The van der Waals surface area contributed by atoms with E-state index in [1.807, 2.05) is 0 Å². The Hall–Kier alpha value is -0.580. The van der Waals surface area contributed by atoms with Gasteiger partial charge in [-0.15, -0.1) is 0 Å². The van der Waals surface area contributed by atoms with E-state index in [9.17, 15) is 13.2 Å². The van der Waals surface area contributed by atoms with E-state index < -0.39 is 9.84 Å². The number of carbonyl (C=O) groups excluding carboxylic acids is 1. The second-order valence-corrected chi connectivity index (χ2v) is 8.88. The van der Waals surface area contributed by atoms with Crippen LogP contribution in [0.5, 0.6) is 0 Å². The van der Waals surface area contributed by atoms with E-state index in [0.29, 0.717) is 31.8 Å². The highest BCUT2D eigenvalue weighted by Crippen LogP contribution is 2.29. The van der Waals surface area contributed by atoms with Crippen LogP contribution in [-0.2, 0) is 14.6 Å². The Morgan fingerprint density at radius 2 is 1.94 bits per heavy atom. The number of nitrogens with zero attached hydrogens (tertiary/aromatic N) is 1. The third kappa shape index (κ3) is 3.97. The minimum atomic E-state index is -3.02. The molecule has 2 atom stereocenters. The fourth-order valence-corrected chi connectivity index (χ4v) is 2.99. The molecular formula is C13H25NO3S. The van der Waals surface area contributed by atoms with Crippen molar-refractivity contribution >= 4 is 15.7 Å². The maximum atomic E-state index is 12.1. The van der Waals surface area contributed by atoms with Crippen LogP contribution in [-0.4, -0.2) is 43.8 Å². The van der Waals surface area contributed by atoms with Gasteiger partial charge < -0.3 is 4.90 Å². The molecule has 4 nitrogen and oxygen atoms in total. The van der Waals surface area contributed by atoms with Gasteiger partial charge in [0.25, 0.3) is 0 Å². The molecule has 1 rings (SSSR count). The van der Waals surface area contributed by atoms with E-state index in [2.05, 4.69) is 27.7 Å². The first kappa shape index (κ1) is 15.5. The molecule has 18 heavy (non-hydrogen) atoms. The smallest absolute Gasteiger partial charge is 0.222 e. The highest BCUT2D eigenvalue weighted by Gasteiger charge is 2.33. The lowest BCUT2D eigenvalue weighted by molar-refractivity contribution is -0.131. The number of amides is 1. The van der Waals surface area contributed by atoms with E-state index in [1.54, 1.807) is 4.90 Å². The van der Waals surface area contributed by atoms with E-state index >= 15 is 0 Å². The van der Waals surface area contributed by atoms with Crippen molar-refractivity contribution in [1.82, 2.24) is 4.90 Å². The lowest BCUT2D eigenvalue weighted by Crippen LogP contribution is -2.34. The zero-order chi connectivity index (χ0) is 14.1. The van der Waals surface area contributed by atoms with Gasteiger partial charge in [0.2, 0.25) is 5.91 Å². The van der Waals surface area contributed by atoms with Crippen molar-refractivity contribution in [2.24, 2.45) is 11.3 Å². The van der Waals surface area contributed by atoms with Gasteiger partial charge >= 0.3 is 0 Å². The fraction of sp³-hybridized carbons (Fsp3) is 0.923. The first-order valence-corrected chi connectivity index (χ1v) is 8.44. The van der Waals surface area contributed by atoms with Gasteiger partial charge in [-0.25, -0.2) is 8.42 Å². The Kier molecular flexibility index (Phi) is 4.47. The number of likely N-dealkylation sites (tertiary alicyclic amines) is 1. The summed E-state index contributed by atoms with van der Waals surface area (Å²) in [6, 6.07) is 0. The summed E-state index contributed by atoms with van der Waals surface area (Å²) < 4.78 is 22.9. The van der Waals surface area contributed by atoms with Gasteiger partial charge in [-0.05, 0) is 17.8 Å². The summed E-state index contributed by atoms with van der Waals surface area (Å²) in [5, 5.41) is -0.369. The second-order valence-electron chi connectivity index (χ2n) is 6.55. The van der Waals surface area contributed by atoms with E-state index in [-0.39, 0.29) is 16.6 Å². The highest BCUT2D eigenvalue weighted by atomic mass is 32.2. The van der Waals surface area contributed by atoms with Crippen LogP contribution in [0, 0.1) is 11.3 Å². The summed E-state index contributed by atoms with van der Waals surface area (Å²) in [5.74, 6) is 0.380. The topological polar surface area (TPSA) is 54.5 Å². The van der Waals surface area contributed by atoms with Gasteiger partial charge in [0.1, 0.15) is 0 Å². The van der Waals surface area contributed by atoms with Gasteiger partial charge in [-0.3, -0.25) is 4.79 Å². The van der Waals surface area contributed by atoms with Gasteiger partial charge in [0.05, 0.1) is 5.25 Å². The van der Waals surface area contributed by atoms with E-state index in [4.69, 9.17) is 0 Å². The molecule has 1 aliphatic heterocycles. The minimum Gasteiger partial charge on any atom is -0.341 e. The normalized spacial score (nSPS) is 23.2. The molecule has 0 N–H and O–H groups in total. The maximum Gasteiger partial charge on any atom is 0.222 e. The quantitative estimate of drug-likeness (QED) is 0.788. The molecule has 0 bridgehead atoms. The molecule has 1 saturated heterocycles. The Morgan fingerprint density at radius 1 is 1.39 bits per heavy atom. The van der Waals surface area contributed by atoms with Crippen LogP contribution in [0.3, 0.4) is 0 Å². The average Bonchev–Trinajstić information content (AvgIpc) is 2.63. The summed E-state index contributed by atoms with van der Waals surface area (Å²) in [5.41, 5.74) is 0.103. The maximum absolute atomic E-state index is 12.1. The molecule has 0 saturated carbocycles. The van der Waals surface area contributed by atoms with E-state index in [0.717, 1.165) is 0 Å². The van der Waals surface area contributed by atoms with Crippen molar-refractivity contribution in [1.29, 1.82) is 0 Å². The number of hydrogen-bond acceptors (Lipinski definition) is 3. The minimum absolute atomic E-state index is 0.0866. The summed E-state index contributed by atoms with van der Waals surface area (Å²) in [4.78, 5) is 13.8. The Balaban J connectivity index is 2.56. The van der Waals surface area contributed by atoms with Crippen LogP contribution in [0.2, 0.25) is 0 Å². The van der Waals surface area contributed by atoms with Crippen LogP contribution in [0.25, 0.3) is 0 Å². The molecule has 2 unspecified atom stereocenters. The lowest BCUT2D eigenvalue weighted by atomic mass is 9.80. The zero-order valence-electron chi connectivity index (χ0n) is 12.1. The molecule has 0 spiro atoms. The van der Waals surface area contributed by atoms with Crippen molar-refractivity contribution in [2.45, 2.75) is 45.8 Å². The Morgan fingerprint density at radius 3 is 2.33 bits per heavy atom. The molecule has 0 aromatic carbocycles. The van der Waals surface area contributed by atoms with Crippen LogP contribution >= 0.6 is 0 Å². The van der Waals surface area contributed by atoms with Crippen molar-refractivity contribution < 1.29 is 13.2 Å². The molecule has 0 radical (unpaired) electrons. The number of carbonyl (C=O) groups is 1. The van der Waals surface area contributed by atoms with E-state index in [1.165, 1.54) is 6.26 Å². The molecule has 1 aliphatic rings. The summed E-state index contributed by atoms with van der Waals surface area (Å²) in [6.07, 6.45) is 2.33. The Labute approximate surface area is 111 Å². The third-order valence-electron chi connectivity index (χ3n) is 4.06. The highest BCUT2D eigenvalue weighted by molar-refractivity contribution is 7.91. The van der Waals surface area contributed by atoms with Crippen molar-refractivity contribution in [2.75, 3.05) is 19.3 Å². The molecule has 5 heteroatoms. The van der Waals surface area contributed by atoms with Gasteiger partial charge in [0, 0.05) is 25.8 Å². The largest absolute Gasteiger partial charge is 0.341 e. The van der Waals surface area contributed by atoms with Gasteiger partial charge in [0.15, 0.2) is 9.84 Å². The fourth-order valence-electron chi connectivity index (χ4n) is 2.00. The molecule has 0 aliphatic carbocycles.